The van der Waals surface area contributed by atoms with Crippen LogP contribution in [0.5, 0.6) is 0 Å². The third kappa shape index (κ3) is 3.45. The normalized spacial score (nSPS) is 24.6. The average molecular weight is 384 g/mol. The van der Waals surface area contributed by atoms with Crippen molar-refractivity contribution in [2.75, 3.05) is 13.1 Å². The molecule has 8 heteroatoms. The van der Waals surface area contributed by atoms with Gasteiger partial charge in [0.05, 0.1) is 11.1 Å². The van der Waals surface area contributed by atoms with E-state index in [1.807, 2.05) is 6.07 Å². The molecule has 3 heterocycles. The molecule has 4 amide bonds. The number of nitrogens with one attached hydrogen (secondary N) is 3. The Kier molecular flexibility index (Phi) is 5.23. The van der Waals surface area contributed by atoms with Crippen LogP contribution in [0.2, 0.25) is 0 Å². The fraction of sp³-hybridized carbons (Fsp3) is 0.500. The fourth-order valence-corrected chi connectivity index (χ4v) is 4.23. The molecule has 1 aromatic rings. The van der Waals surface area contributed by atoms with Gasteiger partial charge in [-0.2, -0.15) is 0 Å². The average Bonchev–Trinajstić information content (AvgIpc) is 3.27. The number of nitrogens with zero attached hydrogens (tertiary/aromatic N) is 1. The van der Waals surface area contributed by atoms with Gasteiger partial charge in [0.25, 0.3) is 11.8 Å². The summed E-state index contributed by atoms with van der Waals surface area (Å²) in [5.74, 6) is -1.88. The number of imide groups is 2. The molecular weight excluding hydrogens is 360 g/mol. The molecule has 0 saturated carbocycles. The molecule has 148 valence electrons. The minimum Gasteiger partial charge on any atom is -0.314 e. The summed E-state index contributed by atoms with van der Waals surface area (Å²) in [5, 5.41) is 9.02. The molecule has 4 rings (SSSR count). The summed E-state index contributed by atoms with van der Waals surface area (Å²) in [6.45, 7) is 2.38. The van der Waals surface area contributed by atoms with E-state index in [0.29, 0.717) is 23.7 Å². The smallest absolute Gasteiger partial charge is 0.262 e. The largest absolute Gasteiger partial charge is 0.314 e. The molecule has 28 heavy (non-hydrogen) atoms. The van der Waals surface area contributed by atoms with Crippen molar-refractivity contribution in [3.8, 4) is 0 Å². The fourth-order valence-electron chi connectivity index (χ4n) is 4.23. The predicted octanol–water partition coefficient (Wildman–Crippen LogP) is 0.320. The van der Waals surface area contributed by atoms with E-state index >= 15 is 0 Å². The van der Waals surface area contributed by atoms with E-state index in [4.69, 9.17) is 0 Å². The Balaban J connectivity index is 1.46. The van der Waals surface area contributed by atoms with Crippen molar-refractivity contribution in [3.63, 3.8) is 0 Å². The number of carbonyl (C=O) groups is 4. The van der Waals surface area contributed by atoms with Gasteiger partial charge in [0.2, 0.25) is 11.8 Å². The Hall–Kier alpha value is -2.58. The van der Waals surface area contributed by atoms with Gasteiger partial charge < -0.3 is 10.6 Å². The third-order valence-corrected chi connectivity index (χ3v) is 5.70. The van der Waals surface area contributed by atoms with Gasteiger partial charge >= 0.3 is 0 Å². The molecule has 2 saturated heterocycles. The van der Waals surface area contributed by atoms with Gasteiger partial charge in [-0.05, 0) is 50.4 Å². The SMILES string of the molecule is O=C1CCC(N2C(=O)c3cccc(CNCC[C@@H]4CCCN4)c3C2=O)C(=O)N1. The van der Waals surface area contributed by atoms with Crippen LogP contribution in [-0.2, 0) is 16.1 Å². The first-order valence-electron chi connectivity index (χ1n) is 9.84. The van der Waals surface area contributed by atoms with E-state index in [1.165, 1.54) is 12.8 Å². The minimum atomic E-state index is -0.931. The number of amides is 4. The van der Waals surface area contributed by atoms with E-state index < -0.39 is 23.8 Å². The van der Waals surface area contributed by atoms with Crippen LogP contribution in [0.25, 0.3) is 0 Å². The maximum absolute atomic E-state index is 13.0. The number of fused-ring (bicyclic) bond motifs is 1. The Bertz CT molecular complexity index is 831. The van der Waals surface area contributed by atoms with E-state index in [2.05, 4.69) is 16.0 Å². The van der Waals surface area contributed by atoms with Gasteiger partial charge in [0.15, 0.2) is 0 Å². The van der Waals surface area contributed by atoms with Crippen LogP contribution in [0.15, 0.2) is 18.2 Å². The molecule has 3 N–H and O–H groups in total. The number of piperidine rings is 1. The molecular formula is C20H24N4O4. The van der Waals surface area contributed by atoms with Gasteiger partial charge in [-0.3, -0.25) is 29.4 Å². The molecule has 1 aromatic carbocycles. The summed E-state index contributed by atoms with van der Waals surface area (Å²) in [5.41, 5.74) is 1.44. The lowest BCUT2D eigenvalue weighted by Crippen LogP contribution is -2.54. The van der Waals surface area contributed by atoms with Crippen LogP contribution in [0.3, 0.4) is 0 Å². The predicted molar refractivity (Wildman–Crippen MR) is 100 cm³/mol. The Morgan fingerprint density at radius 3 is 2.71 bits per heavy atom. The van der Waals surface area contributed by atoms with E-state index in [9.17, 15) is 19.2 Å². The van der Waals surface area contributed by atoms with Crippen LogP contribution < -0.4 is 16.0 Å². The Morgan fingerprint density at radius 1 is 1.11 bits per heavy atom. The second kappa shape index (κ2) is 7.81. The van der Waals surface area contributed by atoms with Crippen molar-refractivity contribution in [1.29, 1.82) is 0 Å². The zero-order valence-electron chi connectivity index (χ0n) is 15.6. The quantitative estimate of drug-likeness (QED) is 0.482. The molecule has 0 spiro atoms. The van der Waals surface area contributed by atoms with Crippen molar-refractivity contribution < 1.29 is 19.2 Å². The molecule has 2 fully saturated rings. The van der Waals surface area contributed by atoms with Crippen LogP contribution in [0, 0.1) is 0 Å². The van der Waals surface area contributed by atoms with Crippen LogP contribution in [0.4, 0.5) is 0 Å². The summed E-state index contributed by atoms with van der Waals surface area (Å²) < 4.78 is 0. The lowest BCUT2D eigenvalue weighted by molar-refractivity contribution is -0.136. The molecule has 1 unspecified atom stereocenters. The van der Waals surface area contributed by atoms with Crippen molar-refractivity contribution in [2.24, 2.45) is 0 Å². The second-order valence-corrected chi connectivity index (χ2v) is 7.55. The van der Waals surface area contributed by atoms with Crippen LogP contribution >= 0.6 is 0 Å². The zero-order valence-corrected chi connectivity index (χ0v) is 15.6. The van der Waals surface area contributed by atoms with Crippen molar-refractivity contribution >= 4 is 23.6 Å². The number of rotatable bonds is 6. The first-order valence-corrected chi connectivity index (χ1v) is 9.84. The highest BCUT2D eigenvalue weighted by molar-refractivity contribution is 6.24. The summed E-state index contributed by atoms with van der Waals surface area (Å²) >= 11 is 0. The number of hydrogen-bond acceptors (Lipinski definition) is 6. The monoisotopic (exact) mass is 384 g/mol. The molecule has 8 nitrogen and oxygen atoms in total. The van der Waals surface area contributed by atoms with Gasteiger partial charge in [0, 0.05) is 19.0 Å². The highest BCUT2D eigenvalue weighted by Gasteiger charge is 2.45. The van der Waals surface area contributed by atoms with Crippen LogP contribution in [-0.4, -0.2) is 53.7 Å². The first kappa shape index (κ1) is 18.8. The van der Waals surface area contributed by atoms with E-state index in [0.717, 1.165) is 30.0 Å². The topological polar surface area (TPSA) is 108 Å². The minimum absolute atomic E-state index is 0.118. The van der Waals surface area contributed by atoms with Gasteiger partial charge in [-0.1, -0.05) is 12.1 Å². The van der Waals surface area contributed by atoms with Crippen molar-refractivity contribution in [1.82, 2.24) is 20.9 Å². The van der Waals surface area contributed by atoms with Crippen LogP contribution in [0.1, 0.15) is 58.4 Å². The number of benzene rings is 1. The highest BCUT2D eigenvalue weighted by atomic mass is 16.2. The lowest BCUT2D eigenvalue weighted by Gasteiger charge is -2.27. The summed E-state index contributed by atoms with van der Waals surface area (Å²) in [4.78, 5) is 50.3. The number of hydrogen-bond donors (Lipinski definition) is 3. The Labute approximate surface area is 163 Å². The van der Waals surface area contributed by atoms with Gasteiger partial charge in [0.1, 0.15) is 6.04 Å². The molecule has 0 aliphatic carbocycles. The summed E-state index contributed by atoms with van der Waals surface area (Å²) in [7, 11) is 0. The Morgan fingerprint density at radius 2 is 1.96 bits per heavy atom. The van der Waals surface area contributed by atoms with E-state index in [1.54, 1.807) is 12.1 Å². The lowest BCUT2D eigenvalue weighted by atomic mass is 10.0. The summed E-state index contributed by atoms with van der Waals surface area (Å²) in [6.07, 6.45) is 3.70. The molecule has 0 radical (unpaired) electrons. The van der Waals surface area contributed by atoms with E-state index in [-0.39, 0.29) is 18.7 Å². The maximum atomic E-state index is 13.0. The molecule has 0 aromatic heterocycles. The molecule has 3 aliphatic rings. The third-order valence-electron chi connectivity index (χ3n) is 5.70. The first-order chi connectivity index (χ1) is 13.6. The van der Waals surface area contributed by atoms with Gasteiger partial charge in [-0.15, -0.1) is 0 Å². The molecule has 3 aliphatic heterocycles. The van der Waals surface area contributed by atoms with Crippen molar-refractivity contribution in [3.05, 3.63) is 34.9 Å². The van der Waals surface area contributed by atoms with Gasteiger partial charge in [-0.25, -0.2) is 0 Å². The second-order valence-electron chi connectivity index (χ2n) is 7.55. The maximum Gasteiger partial charge on any atom is 0.262 e. The van der Waals surface area contributed by atoms with Crippen molar-refractivity contribution in [2.45, 2.75) is 50.7 Å². The standard InChI is InChI=1S/C20H24N4O4/c25-16-7-6-15(18(26)23-16)24-19(27)14-5-1-3-12(17(14)20(24)28)11-21-10-8-13-4-2-9-22-13/h1,3,5,13,15,21-22H,2,4,6-11H2,(H,23,25,26)/t13-,15?/m0/s1. The summed E-state index contributed by atoms with van der Waals surface area (Å²) in [6, 6.07) is 4.82. The molecule has 0 bridgehead atoms. The zero-order chi connectivity index (χ0) is 19.7. The number of carbonyl (C=O) groups excluding carboxylic acids is 4. The molecule has 2 atom stereocenters. The highest BCUT2D eigenvalue weighted by Crippen LogP contribution is 2.29.